The standard InChI is InChI=1S/C25H31BrN2O3/c1-18-9-6-7-14-23(18)31-17-24(29)28(16-20-10-8-11-21(26)15-20)19(2)25(30)27-22-12-4-3-5-13-22/h6-11,14-15,19,22H,3-5,12-13,16-17H2,1-2H3,(H,27,30)/t19-/m1/s1. The van der Waals surface area contributed by atoms with Gasteiger partial charge in [0.15, 0.2) is 6.61 Å². The summed E-state index contributed by atoms with van der Waals surface area (Å²) in [5, 5.41) is 3.15. The molecular weight excluding hydrogens is 456 g/mol. The molecule has 1 aliphatic rings. The van der Waals surface area contributed by atoms with Gasteiger partial charge in [0, 0.05) is 17.1 Å². The highest BCUT2D eigenvalue weighted by atomic mass is 79.9. The van der Waals surface area contributed by atoms with Crippen LogP contribution in [0.25, 0.3) is 0 Å². The molecule has 166 valence electrons. The summed E-state index contributed by atoms with van der Waals surface area (Å²) in [7, 11) is 0. The SMILES string of the molecule is Cc1ccccc1OCC(=O)N(Cc1cccc(Br)c1)[C@H](C)C(=O)NC1CCCCC1. The van der Waals surface area contributed by atoms with Crippen LogP contribution in [0.3, 0.4) is 0 Å². The number of amides is 2. The van der Waals surface area contributed by atoms with Crippen LogP contribution in [0.5, 0.6) is 5.75 Å². The Labute approximate surface area is 193 Å². The van der Waals surface area contributed by atoms with Gasteiger partial charge in [-0.3, -0.25) is 9.59 Å². The van der Waals surface area contributed by atoms with E-state index in [-0.39, 0.29) is 24.5 Å². The van der Waals surface area contributed by atoms with Gasteiger partial charge in [-0.15, -0.1) is 0 Å². The minimum Gasteiger partial charge on any atom is -0.484 e. The number of para-hydroxylation sites is 1. The molecule has 0 aliphatic heterocycles. The monoisotopic (exact) mass is 486 g/mol. The third-order valence-corrected chi connectivity index (χ3v) is 6.30. The van der Waals surface area contributed by atoms with Crippen molar-refractivity contribution in [2.75, 3.05) is 6.61 Å². The van der Waals surface area contributed by atoms with E-state index in [2.05, 4.69) is 21.2 Å². The van der Waals surface area contributed by atoms with Crippen molar-refractivity contribution in [1.82, 2.24) is 10.2 Å². The molecule has 31 heavy (non-hydrogen) atoms. The number of ether oxygens (including phenoxy) is 1. The zero-order valence-corrected chi connectivity index (χ0v) is 19.9. The number of nitrogens with zero attached hydrogens (tertiary/aromatic N) is 1. The highest BCUT2D eigenvalue weighted by Gasteiger charge is 2.28. The van der Waals surface area contributed by atoms with Crippen LogP contribution >= 0.6 is 15.9 Å². The van der Waals surface area contributed by atoms with Gasteiger partial charge in [-0.2, -0.15) is 0 Å². The summed E-state index contributed by atoms with van der Waals surface area (Å²) in [6, 6.07) is 15.0. The van der Waals surface area contributed by atoms with E-state index in [0.29, 0.717) is 12.3 Å². The van der Waals surface area contributed by atoms with Crippen molar-refractivity contribution in [3.8, 4) is 5.75 Å². The topological polar surface area (TPSA) is 58.6 Å². The minimum absolute atomic E-state index is 0.105. The molecule has 5 nitrogen and oxygen atoms in total. The molecule has 2 amide bonds. The third-order valence-electron chi connectivity index (χ3n) is 5.81. The molecule has 2 aromatic rings. The van der Waals surface area contributed by atoms with Crippen molar-refractivity contribution in [3.63, 3.8) is 0 Å². The van der Waals surface area contributed by atoms with Crippen LogP contribution in [0, 0.1) is 6.92 Å². The summed E-state index contributed by atoms with van der Waals surface area (Å²) in [6.07, 6.45) is 5.53. The lowest BCUT2D eigenvalue weighted by Crippen LogP contribution is -2.51. The fourth-order valence-corrected chi connectivity index (χ4v) is 4.37. The molecule has 1 N–H and O–H groups in total. The second-order valence-corrected chi connectivity index (χ2v) is 9.14. The Morgan fingerprint density at radius 1 is 1.13 bits per heavy atom. The molecule has 0 saturated heterocycles. The van der Waals surface area contributed by atoms with E-state index in [4.69, 9.17) is 4.74 Å². The minimum atomic E-state index is -0.589. The molecule has 0 heterocycles. The summed E-state index contributed by atoms with van der Waals surface area (Å²) >= 11 is 3.48. The number of rotatable bonds is 8. The Kier molecular flexibility index (Phi) is 8.52. The molecule has 0 bridgehead atoms. The van der Waals surface area contributed by atoms with Crippen molar-refractivity contribution in [2.45, 2.75) is 64.6 Å². The van der Waals surface area contributed by atoms with Crippen molar-refractivity contribution < 1.29 is 14.3 Å². The average molecular weight is 487 g/mol. The molecule has 1 atom stereocenters. The third kappa shape index (κ3) is 6.82. The van der Waals surface area contributed by atoms with Crippen LogP contribution in [-0.2, 0) is 16.1 Å². The molecule has 0 unspecified atom stereocenters. The maximum absolute atomic E-state index is 13.2. The van der Waals surface area contributed by atoms with E-state index in [1.807, 2.05) is 55.5 Å². The summed E-state index contributed by atoms with van der Waals surface area (Å²) in [6.45, 7) is 3.97. The quantitative estimate of drug-likeness (QED) is 0.570. The van der Waals surface area contributed by atoms with Gasteiger partial charge >= 0.3 is 0 Å². The highest BCUT2D eigenvalue weighted by Crippen LogP contribution is 2.20. The van der Waals surface area contributed by atoms with Crippen molar-refractivity contribution >= 4 is 27.7 Å². The smallest absolute Gasteiger partial charge is 0.261 e. The molecule has 3 rings (SSSR count). The Bertz CT molecular complexity index is 896. The van der Waals surface area contributed by atoms with Crippen LogP contribution in [-0.4, -0.2) is 35.4 Å². The van der Waals surface area contributed by atoms with Crippen molar-refractivity contribution in [1.29, 1.82) is 0 Å². The molecule has 2 aromatic carbocycles. The lowest BCUT2D eigenvalue weighted by Gasteiger charge is -2.31. The van der Waals surface area contributed by atoms with Gasteiger partial charge in [-0.05, 0) is 56.0 Å². The normalized spacial score (nSPS) is 15.2. The van der Waals surface area contributed by atoms with Gasteiger partial charge in [-0.1, -0.05) is 65.5 Å². The molecule has 0 radical (unpaired) electrons. The van der Waals surface area contributed by atoms with E-state index >= 15 is 0 Å². The van der Waals surface area contributed by atoms with E-state index in [1.165, 1.54) is 6.42 Å². The maximum Gasteiger partial charge on any atom is 0.261 e. The van der Waals surface area contributed by atoms with Gasteiger partial charge in [0.05, 0.1) is 0 Å². The number of hydrogen-bond acceptors (Lipinski definition) is 3. The molecule has 1 saturated carbocycles. The van der Waals surface area contributed by atoms with Crippen LogP contribution < -0.4 is 10.1 Å². The predicted molar refractivity (Wildman–Crippen MR) is 126 cm³/mol. The lowest BCUT2D eigenvalue weighted by molar-refractivity contribution is -0.142. The number of aryl methyl sites for hydroxylation is 1. The van der Waals surface area contributed by atoms with Gasteiger partial charge in [0.25, 0.3) is 5.91 Å². The Hall–Kier alpha value is -2.34. The molecular formula is C25H31BrN2O3. The van der Waals surface area contributed by atoms with E-state index in [0.717, 1.165) is 41.3 Å². The first kappa shape index (κ1) is 23.3. The summed E-state index contributed by atoms with van der Waals surface area (Å²) in [5.74, 6) is 0.359. The Morgan fingerprint density at radius 3 is 2.58 bits per heavy atom. The van der Waals surface area contributed by atoms with Crippen molar-refractivity contribution in [2.24, 2.45) is 0 Å². The number of halogens is 1. The van der Waals surface area contributed by atoms with E-state index in [9.17, 15) is 9.59 Å². The van der Waals surface area contributed by atoms with E-state index in [1.54, 1.807) is 11.8 Å². The number of carbonyl (C=O) groups excluding carboxylic acids is 2. The number of nitrogens with one attached hydrogen (secondary N) is 1. The van der Waals surface area contributed by atoms with Crippen molar-refractivity contribution in [3.05, 3.63) is 64.1 Å². The summed E-state index contributed by atoms with van der Waals surface area (Å²) in [5.41, 5.74) is 1.92. The highest BCUT2D eigenvalue weighted by molar-refractivity contribution is 9.10. The lowest BCUT2D eigenvalue weighted by atomic mass is 9.95. The zero-order valence-electron chi connectivity index (χ0n) is 18.3. The van der Waals surface area contributed by atoms with Gasteiger partial charge in [0.2, 0.25) is 5.91 Å². The van der Waals surface area contributed by atoms with Gasteiger partial charge in [-0.25, -0.2) is 0 Å². The first-order valence-corrected chi connectivity index (χ1v) is 11.8. The molecule has 0 aromatic heterocycles. The van der Waals surface area contributed by atoms with Gasteiger partial charge in [0.1, 0.15) is 11.8 Å². The van der Waals surface area contributed by atoms with Gasteiger partial charge < -0.3 is 15.0 Å². The second-order valence-electron chi connectivity index (χ2n) is 8.23. The first-order valence-electron chi connectivity index (χ1n) is 11.0. The number of carbonyl (C=O) groups is 2. The van der Waals surface area contributed by atoms with Crippen LogP contribution in [0.1, 0.15) is 50.2 Å². The average Bonchev–Trinajstić information content (AvgIpc) is 2.77. The predicted octanol–water partition coefficient (Wildman–Crippen LogP) is 5.00. The zero-order chi connectivity index (χ0) is 22.2. The first-order chi connectivity index (χ1) is 14.9. The molecule has 1 aliphatic carbocycles. The van der Waals surface area contributed by atoms with Crippen LogP contribution in [0.4, 0.5) is 0 Å². The Balaban J connectivity index is 1.71. The molecule has 0 spiro atoms. The molecule has 6 heteroatoms. The maximum atomic E-state index is 13.2. The molecule has 1 fully saturated rings. The Morgan fingerprint density at radius 2 is 1.87 bits per heavy atom. The fourth-order valence-electron chi connectivity index (χ4n) is 3.92. The largest absolute Gasteiger partial charge is 0.484 e. The van der Waals surface area contributed by atoms with Crippen LogP contribution in [0.15, 0.2) is 53.0 Å². The summed E-state index contributed by atoms with van der Waals surface area (Å²) < 4.78 is 6.73. The fraction of sp³-hybridized carbons (Fsp3) is 0.440. The van der Waals surface area contributed by atoms with Crippen LogP contribution in [0.2, 0.25) is 0 Å². The second kappa shape index (κ2) is 11.3. The number of hydrogen-bond donors (Lipinski definition) is 1. The number of benzene rings is 2. The summed E-state index contributed by atoms with van der Waals surface area (Å²) in [4.78, 5) is 27.8. The van der Waals surface area contributed by atoms with E-state index < -0.39 is 6.04 Å².